The van der Waals surface area contributed by atoms with Gasteiger partial charge in [-0.1, -0.05) is 0 Å². The van der Waals surface area contributed by atoms with Crippen LogP contribution >= 0.6 is 0 Å². The van der Waals surface area contributed by atoms with Gasteiger partial charge in [0.2, 0.25) is 0 Å². The largest absolute Gasteiger partial charge is 0.387 e. The maximum absolute atomic E-state index is 5.45. The van der Waals surface area contributed by atoms with Gasteiger partial charge in [0.15, 0.2) is 0 Å². The average molecular weight is 221 g/mol. The number of aromatic nitrogens is 1. The Labute approximate surface area is 96.4 Å². The van der Waals surface area contributed by atoms with E-state index < -0.39 is 0 Å². The molecule has 0 saturated carbocycles. The fourth-order valence-electron chi connectivity index (χ4n) is 1.90. The van der Waals surface area contributed by atoms with E-state index in [2.05, 4.69) is 21.7 Å². The van der Waals surface area contributed by atoms with Gasteiger partial charge in [-0.3, -0.25) is 4.98 Å². The minimum absolute atomic E-state index is 0.631. The average Bonchev–Trinajstić information content (AvgIpc) is 2.38. The summed E-state index contributed by atoms with van der Waals surface area (Å²) in [5.41, 5.74) is 2.10. The molecule has 4 heteroatoms. The lowest BCUT2D eigenvalue weighted by molar-refractivity contribution is 0.0595. The molecule has 16 heavy (non-hydrogen) atoms. The molecule has 0 aromatic carbocycles. The van der Waals surface area contributed by atoms with Crippen molar-refractivity contribution in [2.24, 2.45) is 5.92 Å². The molecule has 0 bridgehead atoms. The van der Waals surface area contributed by atoms with Gasteiger partial charge < -0.3 is 15.4 Å². The van der Waals surface area contributed by atoms with Crippen LogP contribution in [0.4, 0.5) is 11.4 Å². The first-order valence-electron chi connectivity index (χ1n) is 5.83. The van der Waals surface area contributed by atoms with E-state index in [1.807, 2.05) is 19.4 Å². The zero-order valence-electron chi connectivity index (χ0n) is 9.70. The van der Waals surface area contributed by atoms with E-state index in [-0.39, 0.29) is 0 Å². The van der Waals surface area contributed by atoms with Crippen molar-refractivity contribution in [3.05, 3.63) is 18.5 Å². The lowest BCUT2D eigenvalue weighted by Crippen LogP contribution is -2.24. The quantitative estimate of drug-likeness (QED) is 0.816. The third-order valence-electron chi connectivity index (χ3n) is 2.88. The Kier molecular flexibility index (Phi) is 3.99. The first-order chi connectivity index (χ1) is 7.88. The van der Waals surface area contributed by atoms with Gasteiger partial charge in [0, 0.05) is 20.2 Å². The molecule has 0 radical (unpaired) electrons. The highest BCUT2D eigenvalue weighted by Gasteiger charge is 2.13. The Morgan fingerprint density at radius 2 is 2.31 bits per heavy atom. The van der Waals surface area contributed by atoms with Crippen LogP contribution < -0.4 is 10.6 Å². The van der Waals surface area contributed by atoms with Crippen LogP contribution in [0.1, 0.15) is 12.8 Å². The number of anilines is 2. The molecule has 4 nitrogen and oxygen atoms in total. The summed E-state index contributed by atoms with van der Waals surface area (Å²) in [5, 5.41) is 6.48. The van der Waals surface area contributed by atoms with Crippen molar-refractivity contribution < 1.29 is 4.74 Å². The predicted octanol–water partition coefficient (Wildman–Crippen LogP) is 1.96. The highest BCUT2D eigenvalue weighted by atomic mass is 16.5. The van der Waals surface area contributed by atoms with Crippen LogP contribution in [0.2, 0.25) is 0 Å². The lowest BCUT2D eigenvalue weighted by Gasteiger charge is -2.22. The van der Waals surface area contributed by atoms with Crippen molar-refractivity contribution in [2.75, 3.05) is 37.4 Å². The van der Waals surface area contributed by atoms with E-state index in [9.17, 15) is 0 Å². The van der Waals surface area contributed by atoms with Gasteiger partial charge in [-0.05, 0) is 24.8 Å². The summed E-state index contributed by atoms with van der Waals surface area (Å²) < 4.78 is 5.45. The van der Waals surface area contributed by atoms with Crippen LogP contribution in [0.5, 0.6) is 0 Å². The molecule has 1 aromatic rings. The van der Waals surface area contributed by atoms with E-state index in [0.717, 1.165) is 31.1 Å². The Morgan fingerprint density at radius 3 is 3.06 bits per heavy atom. The Hall–Kier alpha value is -1.29. The molecule has 0 aliphatic carbocycles. The summed E-state index contributed by atoms with van der Waals surface area (Å²) in [7, 11) is 1.90. The molecular weight excluding hydrogens is 202 g/mol. The minimum Gasteiger partial charge on any atom is -0.387 e. The molecule has 1 saturated heterocycles. The molecule has 1 aliphatic rings. The monoisotopic (exact) mass is 221 g/mol. The van der Waals surface area contributed by atoms with Crippen LogP contribution in [-0.2, 0) is 4.74 Å². The van der Waals surface area contributed by atoms with Gasteiger partial charge in [-0.2, -0.15) is 0 Å². The fraction of sp³-hybridized carbons (Fsp3) is 0.583. The van der Waals surface area contributed by atoms with Gasteiger partial charge >= 0.3 is 0 Å². The Balaban J connectivity index is 1.83. The number of hydrogen-bond acceptors (Lipinski definition) is 4. The lowest BCUT2D eigenvalue weighted by atomic mass is 10.0. The number of nitrogens with one attached hydrogen (secondary N) is 2. The number of ether oxygens (including phenoxy) is 1. The zero-order valence-corrected chi connectivity index (χ0v) is 9.70. The minimum atomic E-state index is 0.631. The summed E-state index contributed by atoms with van der Waals surface area (Å²) in [4.78, 5) is 4.16. The number of hydrogen-bond donors (Lipinski definition) is 2. The molecule has 2 rings (SSSR count). The van der Waals surface area contributed by atoms with Gasteiger partial charge in [-0.15, -0.1) is 0 Å². The van der Waals surface area contributed by atoms with E-state index in [0.29, 0.717) is 5.92 Å². The van der Waals surface area contributed by atoms with Crippen molar-refractivity contribution >= 4 is 11.4 Å². The van der Waals surface area contributed by atoms with Crippen molar-refractivity contribution in [2.45, 2.75) is 12.8 Å². The molecule has 1 fully saturated rings. The van der Waals surface area contributed by atoms with Crippen LogP contribution in [0, 0.1) is 5.92 Å². The molecule has 1 unspecified atom stereocenters. The molecule has 1 aliphatic heterocycles. The van der Waals surface area contributed by atoms with Crippen molar-refractivity contribution in [3.63, 3.8) is 0 Å². The molecule has 2 N–H and O–H groups in total. The number of nitrogens with zero attached hydrogens (tertiary/aromatic N) is 1. The summed E-state index contributed by atoms with van der Waals surface area (Å²) >= 11 is 0. The molecular formula is C12H19N3O. The molecule has 1 atom stereocenters. The SMILES string of the molecule is CNc1cncc(NCC2CCCOC2)c1. The summed E-state index contributed by atoms with van der Waals surface area (Å²) in [5.74, 6) is 0.631. The summed E-state index contributed by atoms with van der Waals surface area (Å²) in [6.45, 7) is 2.77. The third kappa shape index (κ3) is 3.10. The second-order valence-corrected chi connectivity index (χ2v) is 4.18. The van der Waals surface area contributed by atoms with Crippen LogP contribution in [-0.4, -0.2) is 31.8 Å². The second kappa shape index (κ2) is 5.70. The maximum Gasteiger partial charge on any atom is 0.0547 e. The van der Waals surface area contributed by atoms with Crippen LogP contribution in [0.15, 0.2) is 18.5 Å². The maximum atomic E-state index is 5.45. The topological polar surface area (TPSA) is 46.2 Å². The predicted molar refractivity (Wildman–Crippen MR) is 65.8 cm³/mol. The van der Waals surface area contributed by atoms with E-state index in [4.69, 9.17) is 4.74 Å². The smallest absolute Gasteiger partial charge is 0.0547 e. The molecule has 88 valence electrons. The zero-order chi connectivity index (χ0) is 11.2. The second-order valence-electron chi connectivity index (χ2n) is 4.18. The molecule has 0 spiro atoms. The molecule has 0 amide bonds. The van der Waals surface area contributed by atoms with Gasteiger partial charge in [0.05, 0.1) is 30.4 Å². The first kappa shape index (κ1) is 11.2. The normalized spacial score (nSPS) is 20.4. The van der Waals surface area contributed by atoms with E-state index in [1.54, 1.807) is 0 Å². The van der Waals surface area contributed by atoms with Gasteiger partial charge in [0.1, 0.15) is 0 Å². The molecule has 1 aromatic heterocycles. The number of pyridine rings is 1. The van der Waals surface area contributed by atoms with Crippen molar-refractivity contribution in [3.8, 4) is 0 Å². The number of rotatable bonds is 4. The molecule has 2 heterocycles. The Bertz CT molecular complexity index is 324. The van der Waals surface area contributed by atoms with E-state index in [1.165, 1.54) is 12.8 Å². The summed E-state index contributed by atoms with van der Waals surface area (Å²) in [6.07, 6.45) is 6.10. The van der Waals surface area contributed by atoms with Crippen molar-refractivity contribution in [1.29, 1.82) is 0 Å². The van der Waals surface area contributed by atoms with E-state index >= 15 is 0 Å². The fourth-order valence-corrected chi connectivity index (χ4v) is 1.90. The van der Waals surface area contributed by atoms with Crippen LogP contribution in [0.25, 0.3) is 0 Å². The third-order valence-corrected chi connectivity index (χ3v) is 2.88. The standard InChI is InChI=1S/C12H19N3O/c1-13-11-5-12(8-14-7-11)15-6-10-3-2-4-16-9-10/h5,7-8,10,13,15H,2-4,6,9H2,1H3. The van der Waals surface area contributed by atoms with Crippen LogP contribution in [0.3, 0.4) is 0 Å². The first-order valence-corrected chi connectivity index (χ1v) is 5.83. The Morgan fingerprint density at radius 1 is 1.44 bits per heavy atom. The highest BCUT2D eigenvalue weighted by molar-refractivity contribution is 5.53. The van der Waals surface area contributed by atoms with Gasteiger partial charge in [0.25, 0.3) is 0 Å². The highest BCUT2D eigenvalue weighted by Crippen LogP contribution is 2.16. The summed E-state index contributed by atoms with van der Waals surface area (Å²) in [6, 6.07) is 2.07. The van der Waals surface area contributed by atoms with Gasteiger partial charge in [-0.25, -0.2) is 0 Å². The van der Waals surface area contributed by atoms with Crippen molar-refractivity contribution in [1.82, 2.24) is 4.98 Å².